The first-order chi connectivity index (χ1) is 11.0. The number of imidazole rings is 1. The molecule has 0 saturated carbocycles. The molecule has 1 aromatic carbocycles. The fraction of sp³-hybridized carbons (Fsp3) is 0.412. The van der Waals surface area contributed by atoms with E-state index in [0.717, 1.165) is 5.75 Å². The Labute approximate surface area is 135 Å². The number of aliphatic hydroxyl groups is 1. The van der Waals surface area contributed by atoms with E-state index in [0.29, 0.717) is 13.0 Å². The van der Waals surface area contributed by atoms with Gasteiger partial charge in [0.25, 0.3) is 0 Å². The summed E-state index contributed by atoms with van der Waals surface area (Å²) in [6.45, 7) is 2.79. The number of aromatic nitrogens is 2. The molecular weight excluding hydrogens is 294 g/mol. The zero-order valence-electron chi connectivity index (χ0n) is 13.1. The van der Waals surface area contributed by atoms with Gasteiger partial charge in [-0.1, -0.05) is 18.2 Å². The number of carbonyl (C=O) groups excluding carboxylic acids is 1. The van der Waals surface area contributed by atoms with Crippen molar-refractivity contribution < 1.29 is 14.6 Å². The van der Waals surface area contributed by atoms with E-state index in [1.165, 1.54) is 0 Å². The highest BCUT2D eigenvalue weighted by molar-refractivity contribution is 5.76. The molecule has 0 aliphatic carbocycles. The lowest BCUT2D eigenvalue weighted by atomic mass is 9.91. The molecule has 0 radical (unpaired) electrons. The van der Waals surface area contributed by atoms with Crippen LogP contribution >= 0.6 is 0 Å². The second-order valence-electron chi connectivity index (χ2n) is 6.12. The molecule has 1 amide bonds. The summed E-state index contributed by atoms with van der Waals surface area (Å²) >= 11 is 0. The summed E-state index contributed by atoms with van der Waals surface area (Å²) in [5.41, 5.74) is -1.08. The van der Waals surface area contributed by atoms with E-state index in [2.05, 4.69) is 4.98 Å². The van der Waals surface area contributed by atoms with Crippen LogP contribution in [0.5, 0.6) is 5.75 Å². The normalized spacial score (nSPS) is 24.4. The van der Waals surface area contributed by atoms with E-state index in [9.17, 15) is 9.90 Å². The second-order valence-corrected chi connectivity index (χ2v) is 6.12. The number of ether oxygens (including phenoxy) is 1. The largest absolute Gasteiger partial charge is 0.487 e. The third-order valence-electron chi connectivity index (χ3n) is 4.12. The van der Waals surface area contributed by atoms with Gasteiger partial charge in [0.05, 0.1) is 12.9 Å². The van der Waals surface area contributed by atoms with Crippen molar-refractivity contribution in [3.63, 3.8) is 0 Å². The molecule has 1 aliphatic rings. The summed E-state index contributed by atoms with van der Waals surface area (Å²) in [6, 6.07) is 9.45. The van der Waals surface area contributed by atoms with Crippen LogP contribution < -0.4 is 4.74 Å². The monoisotopic (exact) mass is 315 g/mol. The molecule has 1 N–H and O–H groups in total. The van der Waals surface area contributed by atoms with Crippen LogP contribution in [0.2, 0.25) is 0 Å². The third-order valence-corrected chi connectivity index (χ3v) is 4.12. The van der Waals surface area contributed by atoms with E-state index in [4.69, 9.17) is 4.74 Å². The highest BCUT2D eigenvalue weighted by atomic mass is 16.5. The highest BCUT2D eigenvalue weighted by Gasteiger charge is 2.41. The Kier molecular flexibility index (Phi) is 4.34. The number of benzene rings is 1. The lowest BCUT2D eigenvalue weighted by Crippen LogP contribution is -2.58. The molecule has 1 aromatic heterocycles. The quantitative estimate of drug-likeness (QED) is 0.924. The summed E-state index contributed by atoms with van der Waals surface area (Å²) in [4.78, 5) is 18.0. The number of β-amino-alcohol motifs (C(OH)–C–C–N with tert-alkyl or cyclic N) is 1. The smallest absolute Gasteiger partial charge is 0.242 e. The van der Waals surface area contributed by atoms with Gasteiger partial charge in [0.2, 0.25) is 5.91 Å². The average Bonchev–Trinajstić information content (AvgIpc) is 3.03. The Morgan fingerprint density at radius 2 is 2.22 bits per heavy atom. The Bertz CT molecular complexity index is 640. The van der Waals surface area contributed by atoms with Crippen molar-refractivity contribution in [2.45, 2.75) is 31.6 Å². The Hall–Kier alpha value is -2.34. The average molecular weight is 315 g/mol. The number of rotatable bonds is 4. The minimum atomic E-state index is -1.08. The van der Waals surface area contributed by atoms with E-state index in [1.807, 2.05) is 30.3 Å². The number of nitrogens with zero attached hydrogens (tertiary/aromatic N) is 3. The van der Waals surface area contributed by atoms with Crippen LogP contribution in [0.4, 0.5) is 0 Å². The van der Waals surface area contributed by atoms with Gasteiger partial charge >= 0.3 is 0 Å². The highest BCUT2D eigenvalue weighted by Crippen LogP contribution is 2.26. The lowest BCUT2D eigenvalue weighted by Gasteiger charge is -2.42. The van der Waals surface area contributed by atoms with Crippen LogP contribution in [0.3, 0.4) is 0 Å². The van der Waals surface area contributed by atoms with Gasteiger partial charge < -0.3 is 19.3 Å². The van der Waals surface area contributed by atoms with E-state index in [1.54, 1.807) is 35.1 Å². The minimum absolute atomic E-state index is 0.0264. The maximum Gasteiger partial charge on any atom is 0.242 e. The molecular formula is C17H21N3O3. The minimum Gasteiger partial charge on any atom is -0.487 e. The lowest BCUT2D eigenvalue weighted by molar-refractivity contribution is -0.146. The van der Waals surface area contributed by atoms with Crippen molar-refractivity contribution in [1.29, 1.82) is 0 Å². The van der Waals surface area contributed by atoms with Crippen molar-refractivity contribution in [2.75, 3.05) is 13.1 Å². The summed E-state index contributed by atoms with van der Waals surface area (Å²) in [6.07, 6.45) is 5.27. The molecule has 1 saturated heterocycles. The molecule has 1 fully saturated rings. The Balaban J connectivity index is 1.61. The fourth-order valence-electron chi connectivity index (χ4n) is 2.85. The number of piperidine rings is 1. The molecule has 0 unspecified atom stereocenters. The van der Waals surface area contributed by atoms with Crippen molar-refractivity contribution in [3.05, 3.63) is 49.1 Å². The number of amides is 1. The van der Waals surface area contributed by atoms with Gasteiger partial charge in [-0.3, -0.25) is 4.79 Å². The third kappa shape index (κ3) is 3.71. The summed E-state index contributed by atoms with van der Waals surface area (Å²) in [5.74, 6) is 0.706. The molecule has 6 nitrogen and oxygen atoms in total. The van der Waals surface area contributed by atoms with Crippen molar-refractivity contribution in [3.8, 4) is 5.75 Å². The standard InChI is InChI=1S/C17H21N3O3/c1-17(22)12-20(16(21)11-19-10-8-18-13-19)9-7-15(17)23-14-5-3-2-4-6-14/h2-6,8,10,13,15,22H,7,9,11-12H2,1H3/t15-,17-/m0/s1. The SMILES string of the molecule is C[C@]1(O)CN(C(=O)Cn2ccnc2)CC[C@@H]1Oc1ccccc1. The van der Waals surface area contributed by atoms with Gasteiger partial charge in [-0.2, -0.15) is 0 Å². The summed E-state index contributed by atoms with van der Waals surface area (Å²) < 4.78 is 7.63. The molecule has 122 valence electrons. The number of carbonyl (C=O) groups is 1. The summed E-state index contributed by atoms with van der Waals surface area (Å²) in [5, 5.41) is 10.7. The molecule has 3 rings (SSSR count). The zero-order chi connectivity index (χ0) is 16.3. The van der Waals surface area contributed by atoms with E-state index < -0.39 is 5.60 Å². The predicted octanol–water partition coefficient (Wildman–Crippen LogP) is 1.31. The topological polar surface area (TPSA) is 67.6 Å². The predicted molar refractivity (Wildman–Crippen MR) is 84.9 cm³/mol. The van der Waals surface area contributed by atoms with E-state index >= 15 is 0 Å². The first kappa shape index (κ1) is 15.6. The van der Waals surface area contributed by atoms with Crippen molar-refractivity contribution in [1.82, 2.24) is 14.5 Å². The Morgan fingerprint density at radius 1 is 1.43 bits per heavy atom. The number of para-hydroxylation sites is 1. The molecule has 0 spiro atoms. The molecule has 23 heavy (non-hydrogen) atoms. The molecule has 6 heteroatoms. The van der Waals surface area contributed by atoms with Crippen LogP contribution in [0.1, 0.15) is 13.3 Å². The van der Waals surface area contributed by atoms with Crippen LogP contribution in [-0.4, -0.2) is 50.3 Å². The van der Waals surface area contributed by atoms with Crippen LogP contribution in [0, 0.1) is 0 Å². The first-order valence-electron chi connectivity index (χ1n) is 7.72. The Morgan fingerprint density at radius 3 is 2.87 bits per heavy atom. The van der Waals surface area contributed by atoms with Gasteiger partial charge in [0.15, 0.2) is 0 Å². The summed E-state index contributed by atoms with van der Waals surface area (Å²) in [7, 11) is 0. The van der Waals surface area contributed by atoms with Crippen LogP contribution in [0.25, 0.3) is 0 Å². The molecule has 2 aromatic rings. The van der Waals surface area contributed by atoms with Crippen molar-refractivity contribution in [2.24, 2.45) is 0 Å². The maximum absolute atomic E-state index is 12.3. The van der Waals surface area contributed by atoms with Gasteiger partial charge in [-0.25, -0.2) is 4.98 Å². The van der Waals surface area contributed by atoms with Gasteiger partial charge in [0.1, 0.15) is 24.0 Å². The van der Waals surface area contributed by atoms with Gasteiger partial charge in [-0.05, 0) is 19.1 Å². The van der Waals surface area contributed by atoms with Gasteiger partial charge in [0, 0.05) is 25.4 Å². The molecule has 1 aliphatic heterocycles. The zero-order valence-corrected chi connectivity index (χ0v) is 13.1. The van der Waals surface area contributed by atoms with Crippen LogP contribution in [-0.2, 0) is 11.3 Å². The van der Waals surface area contributed by atoms with E-state index in [-0.39, 0.29) is 25.1 Å². The van der Waals surface area contributed by atoms with Gasteiger partial charge in [-0.15, -0.1) is 0 Å². The molecule has 2 atom stereocenters. The fourth-order valence-corrected chi connectivity index (χ4v) is 2.85. The first-order valence-corrected chi connectivity index (χ1v) is 7.72. The number of hydrogen-bond donors (Lipinski definition) is 1. The van der Waals surface area contributed by atoms with Crippen molar-refractivity contribution >= 4 is 5.91 Å². The number of hydrogen-bond acceptors (Lipinski definition) is 4. The van der Waals surface area contributed by atoms with Crippen LogP contribution in [0.15, 0.2) is 49.1 Å². The maximum atomic E-state index is 12.3. The molecule has 2 heterocycles. The molecule has 0 bridgehead atoms. The second kappa shape index (κ2) is 6.42. The number of likely N-dealkylation sites (tertiary alicyclic amines) is 1.